The molecule has 2 fully saturated rings. The van der Waals surface area contributed by atoms with Gasteiger partial charge in [0.05, 0.1) is 35.0 Å². The fourth-order valence-electron chi connectivity index (χ4n) is 5.66. The van der Waals surface area contributed by atoms with E-state index in [9.17, 15) is 0 Å². The Kier molecular flexibility index (Phi) is 5.20. The number of aromatic nitrogens is 4. The van der Waals surface area contributed by atoms with Crippen molar-refractivity contribution in [3.05, 3.63) is 72.4 Å². The van der Waals surface area contributed by atoms with Crippen LogP contribution in [0.4, 0.5) is 0 Å². The molecule has 0 radical (unpaired) electrons. The van der Waals surface area contributed by atoms with Gasteiger partial charge in [-0.1, -0.05) is 42.5 Å². The predicted molar refractivity (Wildman–Crippen MR) is 152 cm³/mol. The number of nitrogens with one attached hydrogen (secondary N) is 4. The quantitative estimate of drug-likeness (QED) is 0.251. The Morgan fingerprint density at radius 1 is 0.833 bits per heavy atom. The van der Waals surface area contributed by atoms with Gasteiger partial charge in [0.25, 0.3) is 0 Å². The molecule has 6 nitrogen and oxygen atoms in total. The first-order valence-corrected chi connectivity index (χ1v) is 15.5. The van der Waals surface area contributed by atoms with Crippen molar-refractivity contribution in [2.75, 3.05) is 30.7 Å². The molecule has 0 amide bonds. The minimum Gasteiger partial charge on any atom is -0.341 e. The van der Waals surface area contributed by atoms with Gasteiger partial charge in [-0.05, 0) is 66.1 Å². The van der Waals surface area contributed by atoms with Crippen LogP contribution in [0.25, 0.3) is 44.2 Å². The van der Waals surface area contributed by atoms with Gasteiger partial charge in [0.2, 0.25) is 0 Å². The van der Waals surface area contributed by atoms with E-state index in [0.717, 1.165) is 52.8 Å². The van der Waals surface area contributed by atoms with Crippen molar-refractivity contribution in [3.8, 4) is 22.4 Å². The Hall–Kier alpha value is -3.13. The largest absolute Gasteiger partial charge is 0.341 e. The molecule has 2 saturated heterocycles. The molecule has 0 saturated carbocycles. The molecule has 4 heterocycles. The fourth-order valence-corrected chi connectivity index (χ4v) is 7.61. The van der Waals surface area contributed by atoms with Gasteiger partial charge < -0.3 is 15.3 Å². The van der Waals surface area contributed by atoms with Crippen molar-refractivity contribution in [1.29, 1.82) is 0 Å². The summed E-state index contributed by atoms with van der Waals surface area (Å²) in [5.41, 5.74) is 6.84. The van der Waals surface area contributed by atoms with Gasteiger partial charge in [-0.15, -0.1) is 0 Å². The summed E-state index contributed by atoms with van der Waals surface area (Å²) in [6.45, 7) is 1.07. The maximum atomic E-state index is 4.94. The zero-order valence-corrected chi connectivity index (χ0v) is 21.6. The summed E-state index contributed by atoms with van der Waals surface area (Å²) in [4.78, 5) is 16.7. The van der Waals surface area contributed by atoms with Crippen LogP contribution < -0.4 is 10.6 Å². The minimum absolute atomic E-state index is 0.329. The summed E-state index contributed by atoms with van der Waals surface area (Å²) in [5.74, 6) is 4.41. The predicted octanol–water partition coefficient (Wildman–Crippen LogP) is 5.86. The van der Waals surface area contributed by atoms with Gasteiger partial charge >= 0.3 is 0 Å². The van der Waals surface area contributed by atoms with Gasteiger partial charge in [-0.3, -0.25) is 5.32 Å². The average Bonchev–Trinajstić information content (AvgIpc) is 3.69. The lowest BCUT2D eigenvalue weighted by Crippen LogP contribution is -2.15. The molecule has 0 spiro atoms. The van der Waals surface area contributed by atoms with Gasteiger partial charge in [-0.2, -0.15) is 0 Å². The molecular weight excluding hydrogens is 464 g/mol. The number of benzene rings is 3. The Labute approximate surface area is 212 Å². The van der Waals surface area contributed by atoms with Crippen molar-refractivity contribution in [2.45, 2.75) is 24.9 Å². The highest BCUT2D eigenvalue weighted by Gasteiger charge is 2.29. The number of H-pyrrole nitrogens is 2. The van der Waals surface area contributed by atoms with Crippen LogP contribution >= 0.6 is 10.0 Å². The van der Waals surface area contributed by atoms with Crippen molar-refractivity contribution in [1.82, 2.24) is 30.6 Å². The Morgan fingerprint density at radius 2 is 1.67 bits per heavy atom. The summed E-state index contributed by atoms with van der Waals surface area (Å²) in [6, 6.07) is 20.5. The van der Waals surface area contributed by atoms with Gasteiger partial charge in [0.15, 0.2) is 0 Å². The second-order valence-corrected chi connectivity index (χ2v) is 14.9. The third-order valence-electron chi connectivity index (χ3n) is 7.68. The summed E-state index contributed by atoms with van der Waals surface area (Å²) in [7, 11) is -0.563. The SMILES string of the molecule is CS1(C)CN[C@H](c2nc3ccc4cc(-c5ccc(-c6cnc([C@@H]7CCCN7)[nH]6)cc5)ccc4c3[nH]2)C1. The second-order valence-electron chi connectivity index (χ2n) is 10.8. The molecule has 184 valence electrons. The van der Waals surface area contributed by atoms with Crippen molar-refractivity contribution in [3.63, 3.8) is 0 Å². The molecule has 3 aromatic carbocycles. The Morgan fingerprint density at radius 3 is 2.44 bits per heavy atom. The van der Waals surface area contributed by atoms with Crippen LogP contribution in [0.3, 0.4) is 0 Å². The van der Waals surface area contributed by atoms with Gasteiger partial charge in [-0.25, -0.2) is 20.0 Å². The molecule has 0 unspecified atom stereocenters. The topological polar surface area (TPSA) is 81.4 Å². The molecule has 2 atom stereocenters. The molecule has 36 heavy (non-hydrogen) atoms. The minimum atomic E-state index is -0.563. The van der Waals surface area contributed by atoms with E-state index in [1.54, 1.807) is 0 Å². The second kappa shape index (κ2) is 8.47. The molecule has 0 bridgehead atoms. The first kappa shape index (κ1) is 22.1. The van der Waals surface area contributed by atoms with Crippen LogP contribution in [0.1, 0.15) is 36.6 Å². The standard InChI is InChI=1S/C29H32N6S/c1-36(2)16-26(32-17-36)29-33-23-12-10-21-14-20(9-11-22(21)27(23)35-29)18-5-7-19(8-6-18)25-15-31-28(34-25)24-4-3-13-30-24/h5-12,14-15,24,26,30,32H,3-4,13,16-17H2,1-2H3,(H,31,34)(H,33,35)/t24-,26-/m0/s1. The van der Waals surface area contributed by atoms with Crippen molar-refractivity contribution >= 4 is 31.8 Å². The third-order valence-corrected chi connectivity index (χ3v) is 9.86. The summed E-state index contributed by atoms with van der Waals surface area (Å²) in [5, 5.41) is 9.63. The summed E-state index contributed by atoms with van der Waals surface area (Å²) >= 11 is 0. The summed E-state index contributed by atoms with van der Waals surface area (Å²) < 4.78 is 0. The molecule has 4 N–H and O–H groups in total. The van der Waals surface area contributed by atoms with Crippen LogP contribution in [-0.2, 0) is 0 Å². The number of nitrogens with zero attached hydrogens (tertiary/aromatic N) is 2. The van der Waals surface area contributed by atoms with E-state index in [2.05, 4.69) is 92.7 Å². The molecule has 2 aliphatic heterocycles. The molecule has 0 aliphatic carbocycles. The molecular formula is C29H32N6S. The lowest BCUT2D eigenvalue weighted by molar-refractivity contribution is 0.613. The molecule has 5 aromatic rings. The lowest BCUT2D eigenvalue weighted by Gasteiger charge is -2.22. The van der Waals surface area contributed by atoms with Gasteiger partial charge in [0, 0.05) is 17.0 Å². The third kappa shape index (κ3) is 3.92. The molecule has 7 rings (SSSR count). The fraction of sp³-hybridized carbons (Fsp3) is 0.310. The zero-order chi connectivity index (χ0) is 24.3. The highest BCUT2D eigenvalue weighted by molar-refractivity contribution is 8.32. The van der Waals surface area contributed by atoms with Crippen LogP contribution in [-0.4, -0.2) is 50.6 Å². The first-order valence-electron chi connectivity index (χ1n) is 12.8. The van der Waals surface area contributed by atoms with Crippen LogP contribution in [0.2, 0.25) is 0 Å². The van der Waals surface area contributed by atoms with Crippen molar-refractivity contribution in [2.24, 2.45) is 0 Å². The maximum absolute atomic E-state index is 4.94. The average molecular weight is 497 g/mol. The molecule has 7 heteroatoms. The van der Waals surface area contributed by atoms with E-state index in [4.69, 9.17) is 4.98 Å². The Bertz CT molecular complexity index is 1560. The van der Waals surface area contributed by atoms with E-state index in [1.165, 1.54) is 34.1 Å². The first-order chi connectivity index (χ1) is 17.5. The number of fused-ring (bicyclic) bond motifs is 3. The van der Waals surface area contributed by atoms with Crippen LogP contribution in [0.15, 0.2) is 60.8 Å². The summed E-state index contributed by atoms with van der Waals surface area (Å²) in [6.07, 6.45) is 9.11. The number of hydrogen-bond donors (Lipinski definition) is 4. The number of hydrogen-bond acceptors (Lipinski definition) is 4. The monoisotopic (exact) mass is 496 g/mol. The number of aromatic amines is 2. The van der Waals surface area contributed by atoms with Crippen LogP contribution in [0, 0.1) is 0 Å². The van der Waals surface area contributed by atoms with E-state index < -0.39 is 10.0 Å². The highest BCUT2D eigenvalue weighted by Crippen LogP contribution is 2.47. The maximum Gasteiger partial charge on any atom is 0.125 e. The van der Waals surface area contributed by atoms with Crippen LogP contribution in [0.5, 0.6) is 0 Å². The number of rotatable bonds is 4. The van der Waals surface area contributed by atoms with E-state index in [0.29, 0.717) is 12.1 Å². The normalized spacial score (nSPS) is 22.5. The van der Waals surface area contributed by atoms with E-state index in [-0.39, 0.29) is 0 Å². The van der Waals surface area contributed by atoms with E-state index in [1.807, 2.05) is 6.20 Å². The highest BCUT2D eigenvalue weighted by atomic mass is 32.3. The zero-order valence-electron chi connectivity index (χ0n) is 20.8. The Balaban J connectivity index is 1.16. The smallest absolute Gasteiger partial charge is 0.125 e. The molecule has 2 aliphatic rings. The van der Waals surface area contributed by atoms with Gasteiger partial charge in [0.1, 0.15) is 11.6 Å². The molecule has 2 aromatic heterocycles. The lowest BCUT2D eigenvalue weighted by atomic mass is 9.99. The van der Waals surface area contributed by atoms with Crippen molar-refractivity contribution < 1.29 is 0 Å². The number of imidazole rings is 2. The van der Waals surface area contributed by atoms with E-state index >= 15 is 0 Å².